The fourth-order valence-corrected chi connectivity index (χ4v) is 4.04. The van der Waals surface area contributed by atoms with Crippen molar-refractivity contribution in [3.05, 3.63) is 46.5 Å². The summed E-state index contributed by atoms with van der Waals surface area (Å²) in [7, 11) is 1.73. The van der Waals surface area contributed by atoms with Gasteiger partial charge in [0.1, 0.15) is 16.9 Å². The Morgan fingerprint density at radius 3 is 3.00 bits per heavy atom. The highest BCUT2D eigenvalue weighted by molar-refractivity contribution is 6.31. The van der Waals surface area contributed by atoms with Crippen molar-refractivity contribution in [2.45, 2.75) is 25.4 Å². The lowest BCUT2D eigenvalue weighted by atomic mass is 10.00. The molecule has 1 aromatic heterocycles. The second-order valence-corrected chi connectivity index (χ2v) is 7.57. The third kappa shape index (κ3) is 2.37. The smallest absolute Gasteiger partial charge is 0.268 e. The van der Waals surface area contributed by atoms with E-state index in [1.54, 1.807) is 35.1 Å². The molecular weight excluding hydrogens is 368 g/mol. The van der Waals surface area contributed by atoms with Crippen LogP contribution in [0.1, 0.15) is 35.8 Å². The molecule has 1 saturated heterocycles. The van der Waals surface area contributed by atoms with Crippen LogP contribution >= 0.6 is 11.6 Å². The summed E-state index contributed by atoms with van der Waals surface area (Å²) in [5, 5.41) is 9.08. The van der Waals surface area contributed by atoms with Gasteiger partial charge in [0, 0.05) is 24.7 Å². The van der Waals surface area contributed by atoms with Gasteiger partial charge in [-0.05, 0) is 31.9 Å². The van der Waals surface area contributed by atoms with Crippen LogP contribution in [0.3, 0.4) is 0 Å². The fraction of sp³-hybridized carbons (Fsp3) is 0.333. The van der Waals surface area contributed by atoms with Gasteiger partial charge in [0.2, 0.25) is 12.2 Å². The quantitative estimate of drug-likeness (QED) is 0.847. The molecule has 3 aliphatic rings. The standard InChI is InChI=1S/C18H17ClN6O2/c1-18(6-3-7-27-18)14-9-25(22-21-14)15-16-23(2)17(26)12-8-11(19)4-5-13(12)24(16)10-20-15/h4-5,8-10H,3,6-7H2,1-2H3/p+1. The molecule has 0 bridgehead atoms. The van der Waals surface area contributed by atoms with Gasteiger partial charge >= 0.3 is 0 Å². The summed E-state index contributed by atoms with van der Waals surface area (Å²) >= 11 is 6.08. The Balaban J connectivity index is 1.60. The van der Waals surface area contributed by atoms with E-state index in [0.717, 1.165) is 35.7 Å². The van der Waals surface area contributed by atoms with Gasteiger partial charge in [0.05, 0.1) is 6.20 Å². The Bertz CT molecular complexity index is 1020. The van der Waals surface area contributed by atoms with Crippen molar-refractivity contribution in [2.24, 2.45) is 4.99 Å². The second-order valence-electron chi connectivity index (χ2n) is 7.13. The zero-order chi connectivity index (χ0) is 18.8. The SMILES string of the molecule is CN1C(=O)c2cc(Cl)ccc2[NH+]2C=NC(n3cc(C4(C)CCCO4)nn3)=C12. The number of hydrogen-bond donors (Lipinski definition) is 1. The van der Waals surface area contributed by atoms with Crippen LogP contribution in [0.2, 0.25) is 5.02 Å². The molecule has 1 fully saturated rings. The minimum absolute atomic E-state index is 0.124. The molecule has 0 radical (unpaired) electrons. The van der Waals surface area contributed by atoms with Crippen molar-refractivity contribution in [3.63, 3.8) is 0 Å². The first-order chi connectivity index (χ1) is 13.0. The molecule has 2 unspecified atom stereocenters. The summed E-state index contributed by atoms with van der Waals surface area (Å²) in [5.41, 5.74) is 1.75. The van der Waals surface area contributed by atoms with E-state index in [1.165, 1.54) is 0 Å². The summed E-state index contributed by atoms with van der Waals surface area (Å²) in [6.45, 7) is 2.75. The molecule has 1 N–H and O–H groups in total. The van der Waals surface area contributed by atoms with E-state index in [1.807, 2.05) is 19.2 Å². The third-order valence-corrected chi connectivity index (χ3v) is 5.63. The van der Waals surface area contributed by atoms with Gasteiger partial charge in [-0.25, -0.2) is 4.90 Å². The van der Waals surface area contributed by atoms with Gasteiger partial charge in [-0.1, -0.05) is 16.8 Å². The average Bonchev–Trinajstić information content (AvgIpc) is 3.38. The zero-order valence-electron chi connectivity index (χ0n) is 14.9. The number of rotatable bonds is 2. The molecule has 0 aliphatic carbocycles. The van der Waals surface area contributed by atoms with E-state index in [9.17, 15) is 4.79 Å². The van der Waals surface area contributed by atoms with Crippen LogP contribution in [0.25, 0.3) is 5.82 Å². The molecule has 138 valence electrons. The van der Waals surface area contributed by atoms with Crippen molar-refractivity contribution in [1.82, 2.24) is 19.9 Å². The molecule has 0 saturated carbocycles. The minimum atomic E-state index is -0.421. The Morgan fingerprint density at radius 1 is 1.37 bits per heavy atom. The normalized spacial score (nSPS) is 26.7. The number of carbonyl (C=O) groups excluding carboxylic acids is 1. The number of ether oxygens (including phenoxy) is 1. The Hall–Kier alpha value is -2.55. The number of amides is 1. The number of nitrogens with one attached hydrogen (secondary N) is 1. The van der Waals surface area contributed by atoms with E-state index in [2.05, 4.69) is 15.3 Å². The van der Waals surface area contributed by atoms with Gasteiger partial charge in [-0.3, -0.25) is 9.69 Å². The summed E-state index contributed by atoms with van der Waals surface area (Å²) in [6.07, 6.45) is 5.51. The number of nitrogens with zero attached hydrogens (tertiary/aromatic N) is 5. The number of aromatic nitrogens is 3. The Labute approximate surface area is 160 Å². The summed E-state index contributed by atoms with van der Waals surface area (Å²) < 4.78 is 7.47. The first-order valence-corrected chi connectivity index (χ1v) is 9.16. The van der Waals surface area contributed by atoms with E-state index in [0.29, 0.717) is 22.2 Å². The van der Waals surface area contributed by atoms with Crippen LogP contribution in [0.5, 0.6) is 0 Å². The summed E-state index contributed by atoms with van der Waals surface area (Å²) in [4.78, 5) is 19.8. The van der Waals surface area contributed by atoms with Gasteiger partial charge in [0.25, 0.3) is 11.7 Å². The van der Waals surface area contributed by atoms with Crippen molar-refractivity contribution < 1.29 is 14.4 Å². The largest absolute Gasteiger partial charge is 0.369 e. The highest BCUT2D eigenvalue weighted by Gasteiger charge is 2.43. The predicted octanol–water partition coefficient (Wildman–Crippen LogP) is 1.38. The molecule has 9 heteroatoms. The first kappa shape index (κ1) is 16.6. The van der Waals surface area contributed by atoms with Gasteiger partial charge in [-0.2, -0.15) is 9.67 Å². The van der Waals surface area contributed by atoms with E-state index >= 15 is 0 Å². The number of fused-ring (bicyclic) bond motifs is 3. The predicted molar refractivity (Wildman–Crippen MR) is 98.4 cm³/mol. The molecule has 8 nitrogen and oxygen atoms in total. The van der Waals surface area contributed by atoms with Crippen LogP contribution in [-0.2, 0) is 10.3 Å². The molecule has 4 heterocycles. The average molecular weight is 386 g/mol. The third-order valence-electron chi connectivity index (χ3n) is 5.40. The lowest BCUT2D eigenvalue weighted by Crippen LogP contribution is -3.06. The summed E-state index contributed by atoms with van der Waals surface area (Å²) in [5.74, 6) is 1.16. The Morgan fingerprint density at radius 2 is 2.22 bits per heavy atom. The minimum Gasteiger partial charge on any atom is -0.369 e. The molecule has 1 aromatic carbocycles. The van der Waals surface area contributed by atoms with Crippen molar-refractivity contribution in [2.75, 3.05) is 13.7 Å². The number of carbonyl (C=O) groups is 1. The fourth-order valence-electron chi connectivity index (χ4n) is 3.87. The van der Waals surface area contributed by atoms with E-state index < -0.39 is 5.60 Å². The molecule has 2 atom stereocenters. The molecule has 0 spiro atoms. The first-order valence-electron chi connectivity index (χ1n) is 8.79. The Kier molecular flexibility index (Phi) is 3.52. The highest BCUT2D eigenvalue weighted by atomic mass is 35.5. The van der Waals surface area contributed by atoms with Gasteiger partial charge in [0.15, 0.2) is 5.69 Å². The molecule has 2 aromatic rings. The lowest BCUT2D eigenvalue weighted by Gasteiger charge is -2.28. The topological polar surface area (TPSA) is 77.0 Å². The van der Waals surface area contributed by atoms with Crippen LogP contribution in [-0.4, -0.2) is 45.8 Å². The van der Waals surface area contributed by atoms with Crippen LogP contribution in [0.4, 0.5) is 5.69 Å². The second kappa shape index (κ2) is 5.72. The molecule has 27 heavy (non-hydrogen) atoms. The maximum absolute atomic E-state index is 12.9. The van der Waals surface area contributed by atoms with Gasteiger partial charge < -0.3 is 4.74 Å². The van der Waals surface area contributed by atoms with Crippen LogP contribution in [0, 0.1) is 0 Å². The number of hydrogen-bond acceptors (Lipinski definition) is 5. The van der Waals surface area contributed by atoms with Crippen LogP contribution < -0.4 is 4.90 Å². The number of benzene rings is 1. The number of aliphatic imine (C=N–C) groups is 1. The molecule has 1 amide bonds. The molecule has 3 aliphatic heterocycles. The molecular formula is C18H18ClN6O2+. The van der Waals surface area contributed by atoms with E-state index in [-0.39, 0.29) is 5.91 Å². The molecule has 5 rings (SSSR count). The van der Waals surface area contributed by atoms with E-state index in [4.69, 9.17) is 16.3 Å². The van der Waals surface area contributed by atoms with Gasteiger partial charge in [-0.15, -0.1) is 5.10 Å². The van der Waals surface area contributed by atoms with Crippen molar-refractivity contribution in [1.29, 1.82) is 0 Å². The summed E-state index contributed by atoms with van der Waals surface area (Å²) in [6, 6.07) is 5.32. The van der Waals surface area contributed by atoms with Crippen LogP contribution in [0.15, 0.2) is 35.2 Å². The highest BCUT2D eigenvalue weighted by Crippen LogP contribution is 2.35. The maximum atomic E-state index is 12.9. The number of quaternary nitrogens is 1. The number of halogens is 1. The lowest BCUT2D eigenvalue weighted by molar-refractivity contribution is -0.685. The van der Waals surface area contributed by atoms with Crippen molar-refractivity contribution in [3.8, 4) is 0 Å². The maximum Gasteiger partial charge on any atom is 0.268 e. The monoisotopic (exact) mass is 385 g/mol. The zero-order valence-corrected chi connectivity index (χ0v) is 15.7. The van der Waals surface area contributed by atoms with Crippen molar-refractivity contribution >= 4 is 35.4 Å².